The number of halogens is 6. The molecule has 0 saturated heterocycles. The maximum atomic E-state index is 14.0. The van der Waals surface area contributed by atoms with Crippen molar-refractivity contribution in [2.45, 2.75) is 92.9 Å². The summed E-state index contributed by atoms with van der Waals surface area (Å²) >= 11 is 13.7. The standard InChI is InChI=1S/C54H58Cl2F4N2O4/c1-7-9-17-61(5)29-41-23-49(55)53(27-51(41)63-31-37-19-43(57)25-44(58)20-37)65-33-39-13-11-15-47(35(39)3)48-16-12-14-40(36(48)4)34-66-54-28-52(64-32-38-21-45(59)26-46(60)22-38)42(24-50(54)56)30-62(6)18-10-8-2/h11-16,19-28H,7-10,17-18,29-34H2,1-6H3. The van der Waals surface area contributed by atoms with Gasteiger partial charge in [0.25, 0.3) is 0 Å². The minimum absolute atomic E-state index is 0.0426. The first-order chi connectivity index (χ1) is 31.7. The Kier molecular flexibility index (Phi) is 18.2. The lowest BCUT2D eigenvalue weighted by atomic mass is 9.92. The number of benzene rings is 6. The molecule has 6 aromatic rings. The van der Waals surface area contributed by atoms with Crippen molar-refractivity contribution in [3.05, 3.63) is 175 Å². The van der Waals surface area contributed by atoms with Crippen molar-refractivity contribution in [3.63, 3.8) is 0 Å². The summed E-state index contributed by atoms with van der Waals surface area (Å²) in [6.07, 6.45) is 4.18. The Morgan fingerprint density at radius 1 is 0.455 bits per heavy atom. The zero-order valence-electron chi connectivity index (χ0n) is 38.5. The molecule has 0 bridgehead atoms. The van der Waals surface area contributed by atoms with Crippen LogP contribution >= 0.6 is 23.2 Å². The average molecular weight is 946 g/mol. The second-order valence-electron chi connectivity index (χ2n) is 16.9. The molecule has 0 aromatic heterocycles. The molecule has 0 fully saturated rings. The van der Waals surface area contributed by atoms with Crippen molar-refractivity contribution in [1.82, 2.24) is 9.80 Å². The molecular formula is C54H58Cl2F4N2O4. The van der Waals surface area contributed by atoms with E-state index < -0.39 is 23.3 Å². The third-order valence-corrected chi connectivity index (χ3v) is 12.1. The van der Waals surface area contributed by atoms with Crippen molar-refractivity contribution >= 4 is 23.2 Å². The molecule has 0 amide bonds. The van der Waals surface area contributed by atoms with Gasteiger partial charge in [0.05, 0.1) is 10.0 Å². The number of hydrogen-bond acceptors (Lipinski definition) is 6. The Bertz CT molecular complexity index is 2380. The summed E-state index contributed by atoms with van der Waals surface area (Å²) in [5, 5.41) is 0.843. The van der Waals surface area contributed by atoms with Crippen molar-refractivity contribution in [1.29, 1.82) is 0 Å². The second-order valence-corrected chi connectivity index (χ2v) is 17.7. The van der Waals surface area contributed by atoms with Crippen LogP contribution in [0.2, 0.25) is 10.0 Å². The highest BCUT2D eigenvalue weighted by molar-refractivity contribution is 6.32. The van der Waals surface area contributed by atoms with Crippen molar-refractivity contribution in [2.24, 2.45) is 0 Å². The highest BCUT2D eigenvalue weighted by Crippen LogP contribution is 2.38. The van der Waals surface area contributed by atoms with Crippen molar-refractivity contribution in [3.8, 4) is 34.1 Å². The smallest absolute Gasteiger partial charge is 0.142 e. The van der Waals surface area contributed by atoms with Gasteiger partial charge in [-0.3, -0.25) is 0 Å². The van der Waals surface area contributed by atoms with Crippen LogP contribution in [0.5, 0.6) is 23.0 Å². The lowest BCUT2D eigenvalue weighted by Crippen LogP contribution is -2.19. The van der Waals surface area contributed by atoms with Gasteiger partial charge in [-0.1, -0.05) is 86.3 Å². The van der Waals surface area contributed by atoms with E-state index >= 15 is 0 Å². The summed E-state index contributed by atoms with van der Waals surface area (Å²) in [6.45, 7) is 11.6. The summed E-state index contributed by atoms with van der Waals surface area (Å²) in [6, 6.07) is 26.0. The maximum Gasteiger partial charge on any atom is 0.142 e. The molecule has 6 rings (SSSR count). The van der Waals surface area contributed by atoms with Gasteiger partial charge in [0, 0.05) is 48.5 Å². The minimum Gasteiger partial charge on any atom is -0.488 e. The number of hydrogen-bond donors (Lipinski definition) is 0. The molecule has 0 aliphatic carbocycles. The average Bonchev–Trinajstić information content (AvgIpc) is 3.26. The molecule has 350 valence electrons. The fraction of sp³-hybridized carbons (Fsp3) is 0.333. The number of nitrogens with zero attached hydrogens (tertiary/aromatic N) is 2. The zero-order valence-corrected chi connectivity index (χ0v) is 40.0. The van der Waals surface area contributed by atoms with Crippen molar-refractivity contribution < 1.29 is 36.5 Å². The number of ether oxygens (including phenoxy) is 4. The third-order valence-electron chi connectivity index (χ3n) is 11.5. The Labute approximate surface area is 397 Å². The highest BCUT2D eigenvalue weighted by atomic mass is 35.5. The second kappa shape index (κ2) is 24.0. The van der Waals surface area contributed by atoms with Gasteiger partial charge in [0.1, 0.15) is 72.7 Å². The largest absolute Gasteiger partial charge is 0.488 e. The molecule has 0 aliphatic rings. The van der Waals surface area contributed by atoms with E-state index in [2.05, 4.69) is 49.6 Å². The van der Waals surface area contributed by atoms with Gasteiger partial charge in [-0.15, -0.1) is 0 Å². The number of unbranched alkanes of at least 4 members (excludes halogenated alkanes) is 2. The van der Waals surface area contributed by atoms with Gasteiger partial charge < -0.3 is 28.7 Å². The van der Waals surface area contributed by atoms with Crippen LogP contribution in [-0.4, -0.2) is 37.0 Å². The predicted octanol–water partition coefficient (Wildman–Crippen LogP) is 14.6. The van der Waals surface area contributed by atoms with E-state index in [0.717, 1.165) is 95.4 Å². The molecule has 0 aliphatic heterocycles. The van der Waals surface area contributed by atoms with Crippen molar-refractivity contribution in [2.75, 3.05) is 27.2 Å². The van der Waals surface area contributed by atoms with Gasteiger partial charge in [-0.25, -0.2) is 17.6 Å². The van der Waals surface area contributed by atoms with E-state index in [1.165, 1.54) is 24.3 Å². The molecule has 6 aromatic carbocycles. The summed E-state index contributed by atoms with van der Waals surface area (Å²) in [5.74, 6) is -0.818. The van der Waals surface area contributed by atoms with Crippen LogP contribution in [0.15, 0.2) is 97.1 Å². The van der Waals surface area contributed by atoms with E-state index in [1.54, 1.807) is 12.1 Å². The van der Waals surface area contributed by atoms with E-state index in [1.807, 2.05) is 50.5 Å². The summed E-state index contributed by atoms with van der Waals surface area (Å²) in [7, 11) is 4.05. The van der Waals surface area contributed by atoms with Crippen LogP contribution in [0.4, 0.5) is 17.6 Å². The van der Waals surface area contributed by atoms with E-state index in [0.29, 0.717) is 57.3 Å². The van der Waals surface area contributed by atoms with Gasteiger partial charge in [0.2, 0.25) is 0 Å². The lowest BCUT2D eigenvalue weighted by Gasteiger charge is -2.21. The minimum atomic E-state index is -0.671. The lowest BCUT2D eigenvalue weighted by molar-refractivity contribution is 0.275. The summed E-state index contributed by atoms with van der Waals surface area (Å²) in [5.41, 5.74) is 8.39. The van der Waals surface area contributed by atoms with Gasteiger partial charge >= 0.3 is 0 Å². The molecule has 12 heteroatoms. The molecule has 0 atom stereocenters. The first-order valence-corrected chi connectivity index (χ1v) is 23.1. The SMILES string of the molecule is CCCCN(C)Cc1cc(Cl)c(OCc2cccc(-c3cccc(COc4cc(OCc5cc(F)cc(F)c5)c(CN(C)CCCC)cc4Cl)c3C)c2C)cc1OCc1cc(F)cc(F)c1. The molecule has 0 unspecified atom stereocenters. The first-order valence-electron chi connectivity index (χ1n) is 22.3. The normalized spacial score (nSPS) is 11.4. The molecule has 0 radical (unpaired) electrons. The molecule has 0 N–H and O–H groups in total. The Balaban J connectivity index is 1.20. The molecule has 66 heavy (non-hydrogen) atoms. The molecule has 0 spiro atoms. The molecular weight excluding hydrogens is 888 g/mol. The molecule has 0 saturated carbocycles. The Morgan fingerprint density at radius 3 is 1.18 bits per heavy atom. The number of rotatable bonds is 23. The summed E-state index contributed by atoms with van der Waals surface area (Å²) in [4.78, 5) is 4.36. The van der Waals surface area contributed by atoms with Crippen LogP contribution in [-0.2, 0) is 39.5 Å². The van der Waals surface area contributed by atoms with Gasteiger partial charge in [-0.2, -0.15) is 0 Å². The van der Waals surface area contributed by atoms with E-state index in [-0.39, 0.29) is 26.4 Å². The van der Waals surface area contributed by atoms with Crippen LogP contribution in [0, 0.1) is 37.1 Å². The van der Waals surface area contributed by atoms with E-state index in [9.17, 15) is 17.6 Å². The van der Waals surface area contributed by atoms with Gasteiger partial charge in [-0.05, 0) is 135 Å². The zero-order chi connectivity index (χ0) is 47.3. The predicted molar refractivity (Wildman–Crippen MR) is 257 cm³/mol. The third kappa shape index (κ3) is 13.9. The molecule has 0 heterocycles. The topological polar surface area (TPSA) is 43.4 Å². The van der Waals surface area contributed by atoms with Crippen LogP contribution in [0.3, 0.4) is 0 Å². The maximum absolute atomic E-state index is 14.0. The quantitative estimate of drug-likeness (QED) is 0.0596. The first kappa shape index (κ1) is 50.2. The monoisotopic (exact) mass is 944 g/mol. The Hall–Kier alpha value is -5.26. The van der Waals surface area contributed by atoms with Crippen LogP contribution < -0.4 is 18.9 Å². The van der Waals surface area contributed by atoms with Gasteiger partial charge in [0.15, 0.2) is 0 Å². The van der Waals surface area contributed by atoms with E-state index in [4.69, 9.17) is 42.1 Å². The molecule has 6 nitrogen and oxygen atoms in total. The fourth-order valence-corrected chi connectivity index (χ4v) is 8.25. The summed E-state index contributed by atoms with van der Waals surface area (Å²) < 4.78 is 81.2. The Morgan fingerprint density at radius 2 is 0.818 bits per heavy atom. The highest BCUT2D eigenvalue weighted by Gasteiger charge is 2.18. The van der Waals surface area contributed by atoms with Crippen LogP contribution in [0.1, 0.15) is 84.0 Å². The van der Waals surface area contributed by atoms with Crippen LogP contribution in [0.25, 0.3) is 11.1 Å². The fourth-order valence-electron chi connectivity index (χ4n) is 7.77.